The van der Waals surface area contributed by atoms with Crippen LogP contribution in [0.4, 0.5) is 0 Å². The number of Topliss-reactive ketones (excluding diaryl/α,β-unsaturated/α-hetero) is 1. The highest BCUT2D eigenvalue weighted by atomic mass is 16.1. The van der Waals surface area contributed by atoms with E-state index in [1.54, 1.807) is 0 Å². The second-order valence-corrected chi connectivity index (χ2v) is 3.69. The van der Waals surface area contributed by atoms with E-state index in [1.807, 2.05) is 13.8 Å². The van der Waals surface area contributed by atoms with Crippen LogP contribution in [0.15, 0.2) is 12.2 Å². The average Bonchev–Trinajstić information content (AvgIpc) is 1.94. The Morgan fingerprint density at radius 2 is 2.18 bits per heavy atom. The van der Waals surface area contributed by atoms with Gasteiger partial charge in [0.25, 0.3) is 0 Å². The minimum atomic E-state index is 0.297. The van der Waals surface area contributed by atoms with Crippen molar-refractivity contribution in [2.24, 2.45) is 11.8 Å². The summed E-state index contributed by atoms with van der Waals surface area (Å²) < 4.78 is 0. The Balaban J connectivity index is 2.53. The maximum atomic E-state index is 11.3. The van der Waals surface area contributed by atoms with E-state index in [2.05, 4.69) is 6.58 Å². The smallest absolute Gasteiger partial charge is 0.136 e. The SMILES string of the molecule is C=C(C)C1CC[C@H](C)C(=O)C1. The Morgan fingerprint density at radius 1 is 1.55 bits per heavy atom. The molecule has 1 aliphatic carbocycles. The molecular weight excluding hydrogens is 136 g/mol. The normalized spacial score (nSPS) is 32.0. The highest BCUT2D eigenvalue weighted by molar-refractivity contribution is 5.81. The standard InChI is InChI=1S/C10H16O/c1-7(2)9-5-4-8(3)10(11)6-9/h8-9H,1,4-6H2,2-3H3/t8-,9?/m0/s1. The predicted molar refractivity (Wildman–Crippen MR) is 46.3 cm³/mol. The van der Waals surface area contributed by atoms with Gasteiger partial charge < -0.3 is 0 Å². The lowest BCUT2D eigenvalue weighted by Crippen LogP contribution is -2.22. The maximum Gasteiger partial charge on any atom is 0.136 e. The van der Waals surface area contributed by atoms with Crippen molar-refractivity contribution in [3.63, 3.8) is 0 Å². The zero-order valence-corrected chi connectivity index (χ0v) is 7.39. The Labute approximate surface area is 68.5 Å². The van der Waals surface area contributed by atoms with E-state index in [-0.39, 0.29) is 0 Å². The van der Waals surface area contributed by atoms with Crippen molar-refractivity contribution in [1.82, 2.24) is 0 Å². The fourth-order valence-corrected chi connectivity index (χ4v) is 1.58. The molecule has 0 amide bonds. The highest BCUT2D eigenvalue weighted by Gasteiger charge is 2.25. The molecular formula is C10H16O. The molecule has 0 aromatic rings. The van der Waals surface area contributed by atoms with Crippen LogP contribution >= 0.6 is 0 Å². The molecule has 1 aliphatic rings. The third kappa shape index (κ3) is 1.92. The summed E-state index contributed by atoms with van der Waals surface area (Å²) in [6.45, 7) is 7.93. The molecule has 1 fully saturated rings. The number of carbonyl (C=O) groups excluding carboxylic acids is 1. The first-order valence-corrected chi connectivity index (χ1v) is 4.29. The van der Waals surface area contributed by atoms with Gasteiger partial charge in [0.15, 0.2) is 0 Å². The third-order valence-electron chi connectivity index (χ3n) is 2.64. The molecule has 1 unspecified atom stereocenters. The lowest BCUT2D eigenvalue weighted by atomic mass is 9.79. The largest absolute Gasteiger partial charge is 0.299 e. The van der Waals surface area contributed by atoms with Gasteiger partial charge in [0.1, 0.15) is 5.78 Å². The van der Waals surface area contributed by atoms with Gasteiger partial charge in [0, 0.05) is 12.3 Å². The van der Waals surface area contributed by atoms with Crippen LogP contribution in [0.3, 0.4) is 0 Å². The summed E-state index contributed by atoms with van der Waals surface area (Å²) >= 11 is 0. The molecule has 2 atom stereocenters. The number of rotatable bonds is 1. The van der Waals surface area contributed by atoms with Crippen molar-refractivity contribution < 1.29 is 4.79 Å². The number of carbonyl (C=O) groups is 1. The van der Waals surface area contributed by atoms with Crippen LogP contribution in [-0.2, 0) is 4.79 Å². The monoisotopic (exact) mass is 152 g/mol. The van der Waals surface area contributed by atoms with Crippen molar-refractivity contribution in [3.8, 4) is 0 Å². The van der Waals surface area contributed by atoms with Gasteiger partial charge >= 0.3 is 0 Å². The van der Waals surface area contributed by atoms with Crippen molar-refractivity contribution in [2.45, 2.75) is 33.1 Å². The number of allylic oxidation sites excluding steroid dienone is 1. The van der Waals surface area contributed by atoms with Crippen LogP contribution in [0.5, 0.6) is 0 Å². The van der Waals surface area contributed by atoms with Gasteiger partial charge in [0.05, 0.1) is 0 Å². The topological polar surface area (TPSA) is 17.1 Å². The number of hydrogen-bond donors (Lipinski definition) is 0. The van der Waals surface area contributed by atoms with Crippen LogP contribution < -0.4 is 0 Å². The zero-order valence-electron chi connectivity index (χ0n) is 7.39. The van der Waals surface area contributed by atoms with Gasteiger partial charge in [-0.2, -0.15) is 0 Å². The highest BCUT2D eigenvalue weighted by Crippen LogP contribution is 2.29. The first-order chi connectivity index (χ1) is 5.11. The van der Waals surface area contributed by atoms with Gasteiger partial charge in [-0.15, -0.1) is 0 Å². The van der Waals surface area contributed by atoms with Gasteiger partial charge in [0.2, 0.25) is 0 Å². The minimum Gasteiger partial charge on any atom is -0.299 e. The van der Waals surface area contributed by atoms with Crippen LogP contribution in [0.25, 0.3) is 0 Å². The van der Waals surface area contributed by atoms with E-state index < -0.39 is 0 Å². The summed E-state index contributed by atoms with van der Waals surface area (Å²) in [7, 11) is 0. The van der Waals surface area contributed by atoms with Gasteiger partial charge in [-0.25, -0.2) is 0 Å². The van der Waals surface area contributed by atoms with Crippen molar-refractivity contribution in [2.75, 3.05) is 0 Å². The molecule has 62 valence electrons. The summed E-state index contributed by atoms with van der Waals surface area (Å²) in [5, 5.41) is 0. The molecule has 1 heteroatoms. The van der Waals surface area contributed by atoms with E-state index >= 15 is 0 Å². The fraction of sp³-hybridized carbons (Fsp3) is 0.700. The Kier molecular flexibility index (Phi) is 2.48. The Hall–Kier alpha value is -0.590. The second-order valence-electron chi connectivity index (χ2n) is 3.69. The molecule has 1 nitrogen and oxygen atoms in total. The fourth-order valence-electron chi connectivity index (χ4n) is 1.58. The van der Waals surface area contributed by atoms with Gasteiger partial charge in [-0.05, 0) is 25.7 Å². The van der Waals surface area contributed by atoms with Crippen LogP contribution in [0.2, 0.25) is 0 Å². The van der Waals surface area contributed by atoms with E-state index in [9.17, 15) is 4.79 Å². The quantitative estimate of drug-likeness (QED) is 0.528. The molecule has 0 aromatic heterocycles. The van der Waals surface area contributed by atoms with Gasteiger partial charge in [-0.1, -0.05) is 19.1 Å². The second kappa shape index (κ2) is 3.21. The zero-order chi connectivity index (χ0) is 8.43. The Morgan fingerprint density at radius 3 is 2.64 bits per heavy atom. The van der Waals surface area contributed by atoms with E-state index in [1.165, 1.54) is 5.57 Å². The molecule has 0 saturated heterocycles. The van der Waals surface area contributed by atoms with Crippen molar-refractivity contribution in [1.29, 1.82) is 0 Å². The van der Waals surface area contributed by atoms with E-state index in [4.69, 9.17) is 0 Å². The number of ketones is 1. The molecule has 0 radical (unpaired) electrons. The van der Waals surface area contributed by atoms with Gasteiger partial charge in [-0.3, -0.25) is 4.79 Å². The molecule has 0 aliphatic heterocycles. The predicted octanol–water partition coefficient (Wildman–Crippen LogP) is 2.57. The molecule has 0 heterocycles. The number of hydrogen-bond acceptors (Lipinski definition) is 1. The summed E-state index contributed by atoms with van der Waals surface area (Å²) in [6.07, 6.45) is 2.94. The first-order valence-electron chi connectivity index (χ1n) is 4.29. The molecule has 0 bridgehead atoms. The molecule has 11 heavy (non-hydrogen) atoms. The summed E-state index contributed by atoms with van der Waals surface area (Å²) in [5.74, 6) is 1.19. The molecule has 1 rings (SSSR count). The van der Waals surface area contributed by atoms with E-state index in [0.717, 1.165) is 19.3 Å². The van der Waals surface area contributed by atoms with Crippen LogP contribution in [0.1, 0.15) is 33.1 Å². The summed E-state index contributed by atoms with van der Waals surface area (Å²) in [6, 6.07) is 0. The Bertz CT molecular complexity index is 181. The third-order valence-corrected chi connectivity index (χ3v) is 2.64. The summed E-state index contributed by atoms with van der Waals surface area (Å²) in [5.41, 5.74) is 1.17. The van der Waals surface area contributed by atoms with E-state index in [0.29, 0.717) is 17.6 Å². The first kappa shape index (κ1) is 8.51. The minimum absolute atomic E-state index is 0.297. The summed E-state index contributed by atoms with van der Waals surface area (Å²) in [4.78, 5) is 11.3. The maximum absolute atomic E-state index is 11.3. The van der Waals surface area contributed by atoms with Crippen molar-refractivity contribution in [3.05, 3.63) is 12.2 Å². The van der Waals surface area contributed by atoms with Crippen LogP contribution in [-0.4, -0.2) is 5.78 Å². The van der Waals surface area contributed by atoms with Crippen LogP contribution in [0, 0.1) is 11.8 Å². The average molecular weight is 152 g/mol. The van der Waals surface area contributed by atoms with Crippen molar-refractivity contribution >= 4 is 5.78 Å². The molecule has 0 N–H and O–H groups in total. The molecule has 1 saturated carbocycles. The molecule has 0 spiro atoms. The lowest BCUT2D eigenvalue weighted by molar-refractivity contribution is -0.124. The lowest BCUT2D eigenvalue weighted by Gasteiger charge is -2.25. The molecule has 0 aromatic carbocycles.